The van der Waals surface area contributed by atoms with Gasteiger partial charge in [-0.3, -0.25) is 13.9 Å². The van der Waals surface area contributed by atoms with E-state index in [-0.39, 0.29) is 11.6 Å². The van der Waals surface area contributed by atoms with Gasteiger partial charge in [-0.2, -0.15) is 0 Å². The Morgan fingerprint density at radius 3 is 2.52 bits per heavy atom. The van der Waals surface area contributed by atoms with Crippen LogP contribution in [0.4, 0.5) is 11.4 Å². The second-order valence-corrected chi connectivity index (χ2v) is 9.30. The minimum absolute atomic E-state index is 0.146. The Bertz CT molecular complexity index is 1100. The highest BCUT2D eigenvalue weighted by molar-refractivity contribution is 7.92. The van der Waals surface area contributed by atoms with Crippen molar-refractivity contribution < 1.29 is 27.5 Å². The zero-order valence-electron chi connectivity index (χ0n) is 18.4. The lowest BCUT2D eigenvalue weighted by molar-refractivity contribution is -0.114. The predicted octanol–water partition coefficient (Wildman–Crippen LogP) is 2.13. The average molecular weight is 474 g/mol. The van der Waals surface area contributed by atoms with Gasteiger partial charge in [0.25, 0.3) is 5.91 Å². The molecule has 1 fully saturated rings. The van der Waals surface area contributed by atoms with Crippen molar-refractivity contribution in [2.24, 2.45) is 0 Å². The van der Waals surface area contributed by atoms with Crippen molar-refractivity contribution in [2.45, 2.75) is 0 Å². The first-order valence-corrected chi connectivity index (χ1v) is 12.2. The van der Waals surface area contributed by atoms with Gasteiger partial charge < -0.3 is 19.7 Å². The lowest BCUT2D eigenvalue weighted by Crippen LogP contribution is -2.40. The molecular formula is C23H27N3O6S. The number of rotatable bonds is 9. The molecule has 0 bridgehead atoms. The lowest BCUT2D eigenvalue weighted by atomic mass is 10.1. The number of nitrogens with one attached hydrogen (secondary N) is 1. The van der Waals surface area contributed by atoms with Gasteiger partial charge in [-0.15, -0.1) is 0 Å². The summed E-state index contributed by atoms with van der Waals surface area (Å²) in [5.74, 6) is -0.116. The van der Waals surface area contributed by atoms with Crippen LogP contribution in [0.1, 0.15) is 10.4 Å². The van der Waals surface area contributed by atoms with Crippen molar-refractivity contribution in [3.05, 3.63) is 66.7 Å². The number of carbonyl (C=O) groups is 2. The van der Waals surface area contributed by atoms with Gasteiger partial charge in [0.2, 0.25) is 15.9 Å². The fraction of sp³-hybridized carbons (Fsp3) is 0.304. The third-order valence-corrected chi connectivity index (χ3v) is 6.01. The molecule has 2 aromatic carbocycles. The van der Waals surface area contributed by atoms with Crippen LogP contribution in [0, 0.1) is 0 Å². The summed E-state index contributed by atoms with van der Waals surface area (Å²) in [6.45, 7) is 5.49. The summed E-state index contributed by atoms with van der Waals surface area (Å²) in [7, 11) is -3.75. The van der Waals surface area contributed by atoms with Gasteiger partial charge in [-0.25, -0.2) is 8.42 Å². The Morgan fingerprint density at radius 2 is 1.88 bits per heavy atom. The fourth-order valence-corrected chi connectivity index (χ4v) is 4.13. The summed E-state index contributed by atoms with van der Waals surface area (Å²) in [5.41, 5.74) is 1.20. The van der Waals surface area contributed by atoms with E-state index < -0.39 is 22.5 Å². The van der Waals surface area contributed by atoms with Crippen LogP contribution in [-0.4, -0.2) is 70.8 Å². The fourth-order valence-electron chi connectivity index (χ4n) is 3.27. The number of ether oxygens (including phenoxy) is 2. The molecule has 2 amide bonds. The van der Waals surface area contributed by atoms with Gasteiger partial charge in [0.1, 0.15) is 18.9 Å². The minimum atomic E-state index is -3.75. The van der Waals surface area contributed by atoms with Crippen LogP contribution in [-0.2, 0) is 19.6 Å². The van der Waals surface area contributed by atoms with Crippen LogP contribution in [0.5, 0.6) is 5.75 Å². The standard InChI is InChI=1S/C23H27N3O6S/c1-3-13-32-21-6-4-5-19(16-21)24-22(27)17-26(33(2,29)30)20-9-7-18(8-10-20)23(28)25-11-14-31-15-12-25/h3-10,16H,1,11-15,17H2,2H3,(H,24,27). The topological polar surface area (TPSA) is 105 Å². The van der Waals surface area contributed by atoms with Crippen molar-refractivity contribution in [1.82, 2.24) is 4.90 Å². The molecule has 1 aliphatic rings. The number of hydrogen-bond donors (Lipinski definition) is 1. The monoisotopic (exact) mass is 473 g/mol. The summed E-state index contributed by atoms with van der Waals surface area (Å²) in [4.78, 5) is 26.9. The third kappa shape index (κ3) is 6.80. The van der Waals surface area contributed by atoms with Crippen LogP contribution < -0.4 is 14.4 Å². The molecule has 176 valence electrons. The number of sulfonamides is 1. The SMILES string of the molecule is C=CCOc1cccc(NC(=O)CN(c2ccc(C(=O)N3CCOCC3)cc2)S(C)(=O)=O)c1. The van der Waals surface area contributed by atoms with Crippen molar-refractivity contribution >= 4 is 33.2 Å². The van der Waals surface area contributed by atoms with E-state index in [1.54, 1.807) is 47.4 Å². The molecule has 0 atom stereocenters. The predicted molar refractivity (Wildman–Crippen MR) is 126 cm³/mol. The maximum atomic E-state index is 12.6. The quantitative estimate of drug-likeness (QED) is 0.560. The first kappa shape index (κ1) is 24.3. The molecule has 0 spiro atoms. The Hall–Kier alpha value is -3.37. The number of nitrogens with zero attached hydrogens (tertiary/aromatic N) is 2. The van der Waals surface area contributed by atoms with Crippen molar-refractivity contribution in [3.8, 4) is 5.75 Å². The highest BCUT2D eigenvalue weighted by Crippen LogP contribution is 2.21. The van der Waals surface area contributed by atoms with Crippen molar-refractivity contribution in [2.75, 3.05) is 55.3 Å². The van der Waals surface area contributed by atoms with Crippen molar-refractivity contribution in [1.29, 1.82) is 0 Å². The van der Waals surface area contributed by atoms with Gasteiger partial charge in [0, 0.05) is 30.4 Å². The molecule has 0 saturated carbocycles. The first-order valence-electron chi connectivity index (χ1n) is 10.4. The van der Waals surface area contributed by atoms with Crippen molar-refractivity contribution in [3.63, 3.8) is 0 Å². The van der Waals surface area contributed by atoms with E-state index in [0.717, 1.165) is 10.6 Å². The number of anilines is 2. The van der Waals surface area contributed by atoms with Gasteiger partial charge in [0.05, 0.1) is 25.2 Å². The Kier molecular flexibility index (Phi) is 8.07. The van der Waals surface area contributed by atoms with Crippen LogP contribution >= 0.6 is 0 Å². The second kappa shape index (κ2) is 11.0. The van der Waals surface area contributed by atoms with E-state index in [9.17, 15) is 18.0 Å². The highest BCUT2D eigenvalue weighted by Gasteiger charge is 2.23. The number of hydrogen-bond acceptors (Lipinski definition) is 6. The van der Waals surface area contributed by atoms with Gasteiger partial charge in [0.15, 0.2) is 0 Å². The molecular weight excluding hydrogens is 446 g/mol. The Morgan fingerprint density at radius 1 is 1.18 bits per heavy atom. The highest BCUT2D eigenvalue weighted by atomic mass is 32.2. The number of amides is 2. The van der Waals surface area contributed by atoms with Crippen LogP contribution in [0.2, 0.25) is 0 Å². The Balaban J connectivity index is 1.70. The summed E-state index contributed by atoms with van der Waals surface area (Å²) < 4.78 is 36.5. The largest absolute Gasteiger partial charge is 0.489 e. The molecule has 0 unspecified atom stereocenters. The third-order valence-electron chi connectivity index (χ3n) is 4.87. The van der Waals surface area contributed by atoms with Gasteiger partial charge >= 0.3 is 0 Å². The Labute approximate surface area is 193 Å². The molecule has 1 aliphatic heterocycles. The summed E-state index contributed by atoms with van der Waals surface area (Å²) in [5, 5.41) is 2.68. The summed E-state index contributed by atoms with van der Waals surface area (Å²) in [6, 6.07) is 12.9. The lowest BCUT2D eigenvalue weighted by Gasteiger charge is -2.27. The van der Waals surface area contributed by atoms with Gasteiger partial charge in [-0.1, -0.05) is 18.7 Å². The molecule has 1 heterocycles. The van der Waals surface area contributed by atoms with E-state index in [2.05, 4.69) is 11.9 Å². The second-order valence-electron chi connectivity index (χ2n) is 7.40. The molecule has 9 nitrogen and oxygen atoms in total. The van der Waals surface area contributed by atoms with Gasteiger partial charge in [-0.05, 0) is 36.4 Å². The van der Waals surface area contributed by atoms with Crippen LogP contribution in [0.25, 0.3) is 0 Å². The molecule has 1 saturated heterocycles. The molecule has 2 aromatic rings. The maximum Gasteiger partial charge on any atom is 0.254 e. The van der Waals surface area contributed by atoms with Crippen LogP contribution in [0.3, 0.4) is 0 Å². The van der Waals surface area contributed by atoms with E-state index >= 15 is 0 Å². The van der Waals surface area contributed by atoms with Crippen LogP contribution in [0.15, 0.2) is 61.2 Å². The normalized spacial score (nSPS) is 13.8. The molecule has 3 rings (SSSR count). The van der Waals surface area contributed by atoms with E-state index in [1.807, 2.05) is 0 Å². The molecule has 0 aliphatic carbocycles. The maximum absolute atomic E-state index is 12.6. The van der Waals surface area contributed by atoms with E-state index in [4.69, 9.17) is 9.47 Å². The molecule has 0 radical (unpaired) electrons. The number of carbonyl (C=O) groups excluding carboxylic acids is 2. The molecule has 1 N–H and O–H groups in total. The molecule has 0 aromatic heterocycles. The molecule has 33 heavy (non-hydrogen) atoms. The smallest absolute Gasteiger partial charge is 0.254 e. The average Bonchev–Trinajstić information content (AvgIpc) is 2.81. The van der Waals surface area contributed by atoms with E-state index in [1.165, 1.54) is 12.1 Å². The first-order chi connectivity index (χ1) is 15.8. The zero-order valence-corrected chi connectivity index (χ0v) is 19.2. The summed E-state index contributed by atoms with van der Waals surface area (Å²) >= 11 is 0. The zero-order chi connectivity index (χ0) is 23.8. The van der Waals surface area contributed by atoms with E-state index in [0.29, 0.717) is 49.9 Å². The summed E-state index contributed by atoms with van der Waals surface area (Å²) in [6.07, 6.45) is 2.63. The molecule has 10 heteroatoms. The number of benzene rings is 2. The number of morpholine rings is 1. The minimum Gasteiger partial charge on any atom is -0.489 e.